The summed E-state index contributed by atoms with van der Waals surface area (Å²) in [6.07, 6.45) is 0.861. The van der Waals surface area contributed by atoms with Crippen LogP contribution in [-0.2, 0) is 9.53 Å². The van der Waals surface area contributed by atoms with Crippen molar-refractivity contribution in [1.29, 1.82) is 0 Å². The Morgan fingerprint density at radius 1 is 1.19 bits per heavy atom. The molecule has 0 saturated heterocycles. The van der Waals surface area contributed by atoms with Crippen molar-refractivity contribution in [2.45, 2.75) is 39.7 Å². The van der Waals surface area contributed by atoms with Crippen LogP contribution in [0, 0.1) is 0 Å². The van der Waals surface area contributed by atoms with Gasteiger partial charge in [0.2, 0.25) is 5.91 Å². The van der Waals surface area contributed by atoms with Crippen LogP contribution in [0.5, 0.6) is 0 Å². The van der Waals surface area contributed by atoms with Crippen molar-refractivity contribution in [1.82, 2.24) is 5.32 Å². The van der Waals surface area contributed by atoms with Gasteiger partial charge in [0.05, 0.1) is 16.9 Å². The molecule has 5 heteroatoms. The van der Waals surface area contributed by atoms with E-state index in [0.717, 1.165) is 6.42 Å². The van der Waals surface area contributed by atoms with Crippen molar-refractivity contribution >= 4 is 17.5 Å². The van der Waals surface area contributed by atoms with Crippen LogP contribution >= 0.6 is 0 Å². The smallest absolute Gasteiger partial charge is 0.253 e. The molecule has 0 atom stereocenters. The zero-order chi connectivity index (χ0) is 15.9. The summed E-state index contributed by atoms with van der Waals surface area (Å²) < 4.78 is 5.42. The van der Waals surface area contributed by atoms with Crippen LogP contribution in [0.1, 0.15) is 44.5 Å². The number of amides is 2. The number of nitrogens with one attached hydrogen (secondary N) is 2. The zero-order valence-corrected chi connectivity index (χ0v) is 13.2. The number of benzene rings is 1. The van der Waals surface area contributed by atoms with Gasteiger partial charge in [0.25, 0.3) is 5.91 Å². The Morgan fingerprint density at radius 3 is 2.48 bits per heavy atom. The third-order valence-corrected chi connectivity index (χ3v) is 2.62. The molecular formula is C16H24N2O3. The highest BCUT2D eigenvalue weighted by molar-refractivity contribution is 6.03. The molecule has 0 aliphatic carbocycles. The zero-order valence-electron chi connectivity index (χ0n) is 13.2. The largest absolute Gasteiger partial charge is 0.366 e. The van der Waals surface area contributed by atoms with E-state index in [4.69, 9.17) is 4.74 Å². The molecule has 2 N–H and O–H groups in total. The molecule has 1 aromatic rings. The van der Waals surface area contributed by atoms with Crippen LogP contribution in [0.15, 0.2) is 24.3 Å². The number of hydrogen-bond donors (Lipinski definition) is 2. The van der Waals surface area contributed by atoms with Gasteiger partial charge in [-0.1, -0.05) is 19.1 Å². The second-order valence-electron chi connectivity index (χ2n) is 5.75. The average molecular weight is 292 g/mol. The quantitative estimate of drug-likeness (QED) is 0.847. The molecule has 0 spiro atoms. The Balaban J connectivity index is 2.70. The summed E-state index contributed by atoms with van der Waals surface area (Å²) in [6, 6.07) is 6.93. The molecule has 1 aromatic carbocycles. The first kappa shape index (κ1) is 17.2. The molecule has 0 fully saturated rings. The van der Waals surface area contributed by atoms with E-state index < -0.39 is 0 Å². The van der Waals surface area contributed by atoms with E-state index in [2.05, 4.69) is 10.6 Å². The van der Waals surface area contributed by atoms with Crippen molar-refractivity contribution in [2.24, 2.45) is 0 Å². The summed E-state index contributed by atoms with van der Waals surface area (Å²) in [6.45, 7) is 8.19. The first-order chi connectivity index (χ1) is 9.83. The Bertz CT molecular complexity index is 493. The first-order valence-corrected chi connectivity index (χ1v) is 7.14. The first-order valence-electron chi connectivity index (χ1n) is 7.14. The van der Waals surface area contributed by atoms with Crippen molar-refractivity contribution in [2.75, 3.05) is 18.5 Å². The second-order valence-corrected chi connectivity index (χ2v) is 5.75. The summed E-state index contributed by atoms with van der Waals surface area (Å²) in [4.78, 5) is 23.9. The fraction of sp³-hybridized carbons (Fsp3) is 0.500. The standard InChI is InChI=1S/C16H24N2O3/c1-5-10-17-15(20)12-8-6-7-9-13(12)18-14(19)11-21-16(2,3)4/h6-9H,5,10-11H2,1-4H3,(H,17,20)(H,18,19). The molecule has 0 unspecified atom stereocenters. The second kappa shape index (κ2) is 7.78. The lowest BCUT2D eigenvalue weighted by molar-refractivity contribution is -0.125. The molecule has 0 heterocycles. The molecule has 2 amide bonds. The number of para-hydroxylation sites is 1. The third-order valence-electron chi connectivity index (χ3n) is 2.62. The van der Waals surface area contributed by atoms with Crippen LogP contribution < -0.4 is 10.6 Å². The lowest BCUT2D eigenvalue weighted by Crippen LogP contribution is -2.29. The van der Waals surface area contributed by atoms with Gasteiger partial charge in [-0.15, -0.1) is 0 Å². The highest BCUT2D eigenvalue weighted by Gasteiger charge is 2.15. The van der Waals surface area contributed by atoms with E-state index in [0.29, 0.717) is 17.8 Å². The molecule has 21 heavy (non-hydrogen) atoms. The minimum Gasteiger partial charge on any atom is -0.366 e. The summed E-state index contributed by atoms with van der Waals surface area (Å²) in [5.74, 6) is -0.467. The average Bonchev–Trinajstić information content (AvgIpc) is 2.42. The van der Waals surface area contributed by atoms with E-state index in [-0.39, 0.29) is 24.0 Å². The molecule has 0 aliphatic heterocycles. The molecule has 5 nitrogen and oxygen atoms in total. The normalized spacial score (nSPS) is 11.0. The number of carbonyl (C=O) groups is 2. The monoisotopic (exact) mass is 292 g/mol. The van der Waals surface area contributed by atoms with E-state index >= 15 is 0 Å². The minimum absolute atomic E-state index is 0.0472. The highest BCUT2D eigenvalue weighted by atomic mass is 16.5. The summed E-state index contributed by atoms with van der Waals surface area (Å²) in [5, 5.41) is 5.51. The maximum atomic E-state index is 12.0. The molecule has 1 rings (SSSR count). The van der Waals surface area contributed by atoms with Crippen LogP contribution in [0.3, 0.4) is 0 Å². The number of hydrogen-bond acceptors (Lipinski definition) is 3. The lowest BCUT2D eigenvalue weighted by Gasteiger charge is -2.19. The predicted molar refractivity (Wildman–Crippen MR) is 83.4 cm³/mol. The number of anilines is 1. The summed E-state index contributed by atoms with van der Waals surface area (Å²) in [7, 11) is 0. The van der Waals surface area contributed by atoms with Crippen molar-refractivity contribution in [3.05, 3.63) is 29.8 Å². The van der Waals surface area contributed by atoms with Crippen LogP contribution in [0.2, 0.25) is 0 Å². The van der Waals surface area contributed by atoms with Crippen molar-refractivity contribution in [3.8, 4) is 0 Å². The topological polar surface area (TPSA) is 67.4 Å². The van der Waals surface area contributed by atoms with Crippen LogP contribution in [-0.4, -0.2) is 30.6 Å². The van der Waals surface area contributed by atoms with Gasteiger partial charge < -0.3 is 15.4 Å². The number of rotatable bonds is 6. The maximum Gasteiger partial charge on any atom is 0.253 e. The van der Waals surface area contributed by atoms with Gasteiger partial charge >= 0.3 is 0 Å². The lowest BCUT2D eigenvalue weighted by atomic mass is 10.1. The molecule has 0 saturated carbocycles. The van der Waals surface area contributed by atoms with Crippen LogP contribution in [0.4, 0.5) is 5.69 Å². The van der Waals surface area contributed by atoms with Gasteiger partial charge in [0.1, 0.15) is 6.61 Å². The van der Waals surface area contributed by atoms with Gasteiger partial charge in [0.15, 0.2) is 0 Å². The molecule has 0 aromatic heterocycles. The molecule has 116 valence electrons. The van der Waals surface area contributed by atoms with Gasteiger partial charge in [-0.3, -0.25) is 9.59 Å². The summed E-state index contributed by atoms with van der Waals surface area (Å²) >= 11 is 0. The Kier molecular flexibility index (Phi) is 6.37. The Labute approximate surface area is 126 Å². The summed E-state index contributed by atoms with van der Waals surface area (Å²) in [5.41, 5.74) is 0.568. The molecular weight excluding hydrogens is 268 g/mol. The van der Waals surface area contributed by atoms with E-state index in [1.54, 1.807) is 24.3 Å². The van der Waals surface area contributed by atoms with Gasteiger partial charge in [-0.05, 0) is 39.3 Å². The van der Waals surface area contributed by atoms with E-state index in [9.17, 15) is 9.59 Å². The molecule has 0 aliphatic rings. The SMILES string of the molecule is CCCNC(=O)c1ccccc1NC(=O)COC(C)(C)C. The fourth-order valence-electron chi connectivity index (χ4n) is 1.59. The fourth-order valence-corrected chi connectivity index (χ4v) is 1.59. The number of ether oxygens (including phenoxy) is 1. The number of carbonyl (C=O) groups excluding carboxylic acids is 2. The third kappa shape index (κ3) is 6.40. The highest BCUT2D eigenvalue weighted by Crippen LogP contribution is 2.15. The van der Waals surface area contributed by atoms with Gasteiger partial charge in [-0.25, -0.2) is 0 Å². The molecule has 0 radical (unpaired) electrons. The Morgan fingerprint density at radius 2 is 1.86 bits per heavy atom. The molecule has 0 bridgehead atoms. The van der Waals surface area contributed by atoms with Crippen molar-refractivity contribution < 1.29 is 14.3 Å². The van der Waals surface area contributed by atoms with Crippen LogP contribution in [0.25, 0.3) is 0 Å². The van der Waals surface area contributed by atoms with Crippen molar-refractivity contribution in [3.63, 3.8) is 0 Å². The van der Waals surface area contributed by atoms with Gasteiger partial charge in [-0.2, -0.15) is 0 Å². The minimum atomic E-state index is -0.380. The van der Waals surface area contributed by atoms with E-state index in [1.165, 1.54) is 0 Å². The Hall–Kier alpha value is -1.88. The maximum absolute atomic E-state index is 12.0. The predicted octanol–water partition coefficient (Wildman–Crippen LogP) is 2.58. The van der Waals surface area contributed by atoms with E-state index in [1.807, 2.05) is 27.7 Å². The van der Waals surface area contributed by atoms with Gasteiger partial charge in [0, 0.05) is 6.54 Å².